The topological polar surface area (TPSA) is 63.4 Å². The van der Waals surface area contributed by atoms with Crippen LogP contribution in [0.25, 0.3) is 0 Å². The molecular weight excluding hydrogens is 325 g/mol. The highest BCUT2D eigenvalue weighted by molar-refractivity contribution is 6.35. The summed E-state index contributed by atoms with van der Waals surface area (Å²) >= 11 is 11.9. The minimum Gasteiger partial charge on any atom is -0.388 e. The number of benzene rings is 2. The second-order valence-corrected chi connectivity index (χ2v) is 5.84. The minimum atomic E-state index is -0.731. The summed E-state index contributed by atoms with van der Waals surface area (Å²) in [5.74, 6) is 0. The van der Waals surface area contributed by atoms with Gasteiger partial charge in [-0.3, -0.25) is 10.1 Å². The van der Waals surface area contributed by atoms with E-state index in [1.165, 1.54) is 12.1 Å². The van der Waals surface area contributed by atoms with Crippen LogP contribution in [0.5, 0.6) is 0 Å². The fraction of sp³-hybridized carbons (Fsp3) is 0.250. The lowest BCUT2D eigenvalue weighted by Gasteiger charge is -2.11. The van der Waals surface area contributed by atoms with Gasteiger partial charge < -0.3 is 5.11 Å². The first-order chi connectivity index (χ1) is 10.5. The van der Waals surface area contributed by atoms with E-state index in [9.17, 15) is 15.2 Å². The van der Waals surface area contributed by atoms with Crippen LogP contribution in [0, 0.1) is 10.1 Å². The summed E-state index contributed by atoms with van der Waals surface area (Å²) in [6.07, 6.45) is 1.19. The number of nitro groups is 1. The van der Waals surface area contributed by atoms with E-state index in [1.54, 1.807) is 24.3 Å². The summed E-state index contributed by atoms with van der Waals surface area (Å²) in [5, 5.41) is 22.1. The Morgan fingerprint density at radius 3 is 2.64 bits per heavy atom. The van der Waals surface area contributed by atoms with Gasteiger partial charge in [-0.15, -0.1) is 0 Å². The van der Waals surface area contributed by atoms with Crippen molar-refractivity contribution in [3.63, 3.8) is 0 Å². The summed E-state index contributed by atoms with van der Waals surface area (Å²) in [7, 11) is 0. The molecule has 0 heterocycles. The molecule has 0 bridgehead atoms. The summed E-state index contributed by atoms with van der Waals surface area (Å²) in [6, 6.07) is 11.4. The molecule has 0 aliphatic carbocycles. The Balaban J connectivity index is 1.94. The lowest BCUT2D eigenvalue weighted by Crippen LogP contribution is -2.00. The average Bonchev–Trinajstić information content (AvgIpc) is 2.49. The van der Waals surface area contributed by atoms with Crippen molar-refractivity contribution in [3.8, 4) is 0 Å². The fourth-order valence-electron chi connectivity index (χ4n) is 2.22. The third-order valence-corrected chi connectivity index (χ3v) is 3.99. The zero-order chi connectivity index (χ0) is 16.1. The Morgan fingerprint density at radius 1 is 1.18 bits per heavy atom. The van der Waals surface area contributed by atoms with Crippen molar-refractivity contribution in [1.82, 2.24) is 0 Å². The van der Waals surface area contributed by atoms with Crippen LogP contribution in [0.4, 0.5) is 5.69 Å². The molecule has 0 fully saturated rings. The first-order valence-electron chi connectivity index (χ1n) is 6.83. The Bertz CT molecular complexity index is 676. The molecule has 116 valence electrons. The van der Waals surface area contributed by atoms with Crippen LogP contribution in [-0.4, -0.2) is 10.0 Å². The standard InChI is InChI=1S/C16H15Cl2NO3/c17-13-8-7-11(15(18)10-13)3-2-6-16(20)12-4-1-5-14(9-12)19(21)22/h1,4-5,7-10,16,20H,2-3,6H2. The number of nitro benzene ring substituents is 1. The van der Waals surface area contributed by atoms with Crippen molar-refractivity contribution in [2.24, 2.45) is 0 Å². The van der Waals surface area contributed by atoms with E-state index in [0.29, 0.717) is 34.9 Å². The maximum Gasteiger partial charge on any atom is 0.269 e. The molecule has 0 aliphatic rings. The number of non-ortho nitro benzene ring substituents is 1. The smallest absolute Gasteiger partial charge is 0.269 e. The van der Waals surface area contributed by atoms with Crippen LogP contribution in [-0.2, 0) is 6.42 Å². The van der Waals surface area contributed by atoms with Gasteiger partial charge in [-0.05, 0) is 42.5 Å². The van der Waals surface area contributed by atoms with Crippen molar-refractivity contribution >= 4 is 28.9 Å². The number of rotatable bonds is 6. The van der Waals surface area contributed by atoms with E-state index in [2.05, 4.69) is 0 Å². The Hall–Kier alpha value is -1.62. The maximum absolute atomic E-state index is 10.7. The molecule has 0 aromatic heterocycles. The summed E-state index contributed by atoms with van der Waals surface area (Å²) in [6.45, 7) is 0. The van der Waals surface area contributed by atoms with Gasteiger partial charge in [-0.1, -0.05) is 41.4 Å². The normalized spacial score (nSPS) is 12.1. The first-order valence-corrected chi connectivity index (χ1v) is 7.59. The van der Waals surface area contributed by atoms with Crippen molar-refractivity contribution in [2.45, 2.75) is 25.4 Å². The van der Waals surface area contributed by atoms with Crippen molar-refractivity contribution in [2.75, 3.05) is 0 Å². The van der Waals surface area contributed by atoms with E-state index in [4.69, 9.17) is 23.2 Å². The highest BCUT2D eigenvalue weighted by Gasteiger charge is 2.12. The molecule has 1 atom stereocenters. The molecule has 4 nitrogen and oxygen atoms in total. The molecule has 0 amide bonds. The van der Waals surface area contributed by atoms with Crippen molar-refractivity contribution in [1.29, 1.82) is 0 Å². The monoisotopic (exact) mass is 339 g/mol. The molecule has 2 rings (SSSR count). The fourth-order valence-corrected chi connectivity index (χ4v) is 2.73. The SMILES string of the molecule is O=[N+]([O-])c1cccc(C(O)CCCc2ccc(Cl)cc2Cl)c1. The molecule has 0 saturated carbocycles. The highest BCUT2D eigenvalue weighted by atomic mass is 35.5. The van der Waals surface area contributed by atoms with Gasteiger partial charge >= 0.3 is 0 Å². The largest absolute Gasteiger partial charge is 0.388 e. The van der Waals surface area contributed by atoms with Gasteiger partial charge in [0.2, 0.25) is 0 Å². The average molecular weight is 340 g/mol. The van der Waals surface area contributed by atoms with E-state index < -0.39 is 11.0 Å². The molecule has 0 spiro atoms. The second kappa shape index (κ2) is 7.58. The number of nitrogens with zero attached hydrogens (tertiary/aromatic N) is 1. The van der Waals surface area contributed by atoms with Crippen molar-refractivity contribution in [3.05, 3.63) is 73.8 Å². The van der Waals surface area contributed by atoms with E-state index in [0.717, 1.165) is 5.56 Å². The quantitative estimate of drug-likeness (QED) is 0.597. The molecule has 0 radical (unpaired) electrons. The van der Waals surface area contributed by atoms with Gasteiger partial charge in [0.15, 0.2) is 0 Å². The summed E-state index contributed by atoms with van der Waals surface area (Å²) < 4.78 is 0. The summed E-state index contributed by atoms with van der Waals surface area (Å²) in [4.78, 5) is 10.3. The van der Waals surface area contributed by atoms with Gasteiger partial charge in [-0.25, -0.2) is 0 Å². The van der Waals surface area contributed by atoms with E-state index >= 15 is 0 Å². The van der Waals surface area contributed by atoms with Gasteiger partial charge in [0, 0.05) is 22.2 Å². The van der Waals surface area contributed by atoms with E-state index in [1.807, 2.05) is 6.07 Å². The van der Waals surface area contributed by atoms with E-state index in [-0.39, 0.29) is 5.69 Å². The van der Waals surface area contributed by atoms with Crippen LogP contribution < -0.4 is 0 Å². The molecule has 0 saturated heterocycles. The van der Waals surface area contributed by atoms with Crippen LogP contribution in [0.1, 0.15) is 30.1 Å². The van der Waals surface area contributed by atoms with Crippen molar-refractivity contribution < 1.29 is 10.0 Å². The Kier molecular flexibility index (Phi) is 5.77. The van der Waals surface area contributed by atoms with Gasteiger partial charge in [0.05, 0.1) is 11.0 Å². The predicted molar refractivity (Wildman–Crippen MR) is 87.5 cm³/mol. The summed E-state index contributed by atoms with van der Waals surface area (Å²) in [5.41, 5.74) is 1.51. The number of halogens is 2. The third kappa shape index (κ3) is 4.44. The lowest BCUT2D eigenvalue weighted by atomic mass is 10.0. The zero-order valence-corrected chi connectivity index (χ0v) is 13.2. The molecule has 6 heteroatoms. The van der Waals surface area contributed by atoms with Gasteiger partial charge in [0.25, 0.3) is 5.69 Å². The third-order valence-electron chi connectivity index (χ3n) is 3.40. The molecule has 1 unspecified atom stereocenters. The molecule has 22 heavy (non-hydrogen) atoms. The van der Waals surface area contributed by atoms with Gasteiger partial charge in [-0.2, -0.15) is 0 Å². The molecule has 2 aromatic rings. The molecule has 0 aliphatic heterocycles. The number of hydrogen-bond donors (Lipinski definition) is 1. The Labute approximate surface area is 138 Å². The molecule has 2 aromatic carbocycles. The van der Waals surface area contributed by atoms with Crippen LogP contribution in [0.3, 0.4) is 0 Å². The predicted octanol–water partition coefficient (Wildman–Crippen LogP) is 4.96. The van der Waals surface area contributed by atoms with Crippen LogP contribution >= 0.6 is 23.2 Å². The van der Waals surface area contributed by atoms with Crippen LogP contribution in [0.15, 0.2) is 42.5 Å². The maximum atomic E-state index is 10.7. The minimum absolute atomic E-state index is 0.0164. The Morgan fingerprint density at radius 2 is 1.95 bits per heavy atom. The second-order valence-electron chi connectivity index (χ2n) is 5.00. The molecular formula is C16H15Cl2NO3. The number of aliphatic hydroxyl groups is 1. The number of aliphatic hydroxyl groups excluding tert-OH is 1. The first kappa shape index (κ1) is 16.7. The van der Waals surface area contributed by atoms with Gasteiger partial charge in [0.1, 0.15) is 0 Å². The number of hydrogen-bond acceptors (Lipinski definition) is 3. The lowest BCUT2D eigenvalue weighted by molar-refractivity contribution is -0.385. The zero-order valence-electron chi connectivity index (χ0n) is 11.7. The number of aryl methyl sites for hydroxylation is 1. The van der Waals surface area contributed by atoms with Crippen LogP contribution in [0.2, 0.25) is 10.0 Å². The molecule has 1 N–H and O–H groups in total. The highest BCUT2D eigenvalue weighted by Crippen LogP contribution is 2.26.